The normalized spacial score (nSPS) is 23.8. The van der Waals surface area contributed by atoms with Crippen molar-refractivity contribution in [3.05, 3.63) is 29.8 Å². The van der Waals surface area contributed by atoms with Crippen molar-refractivity contribution in [2.75, 3.05) is 6.54 Å². The molecule has 0 saturated carbocycles. The minimum Gasteiger partial charge on any atom is -0.481 e. The summed E-state index contributed by atoms with van der Waals surface area (Å²) >= 11 is 0. The molecule has 1 aliphatic heterocycles. The molecule has 0 radical (unpaired) electrons. The number of hydrogen-bond donors (Lipinski definition) is 1. The molecule has 1 heterocycles. The molecule has 21 heavy (non-hydrogen) atoms. The molecule has 0 aliphatic carbocycles. The number of likely N-dealkylation sites (tertiary alicyclic amines) is 1. The van der Waals surface area contributed by atoms with E-state index >= 15 is 0 Å². The monoisotopic (exact) mass is 298 g/mol. The first-order valence-corrected chi connectivity index (χ1v) is 7.06. The van der Waals surface area contributed by atoms with Crippen LogP contribution < -0.4 is 10.5 Å². The van der Waals surface area contributed by atoms with Gasteiger partial charge in [0.2, 0.25) is 0 Å². The summed E-state index contributed by atoms with van der Waals surface area (Å²) in [5, 5.41) is 0. The van der Waals surface area contributed by atoms with Gasteiger partial charge in [0, 0.05) is 24.7 Å². The number of carbonyl (C=O) groups excluding carboxylic acids is 1. The number of amides is 1. The first kappa shape index (κ1) is 15.7. The Hall–Kier alpha value is -1.69. The average Bonchev–Trinajstić information content (AvgIpc) is 2.42. The molecule has 2 N–H and O–H groups in total. The summed E-state index contributed by atoms with van der Waals surface area (Å²) < 4.78 is 31.4. The summed E-state index contributed by atoms with van der Waals surface area (Å²) in [7, 11) is 0. The Kier molecular flexibility index (Phi) is 4.77. The van der Waals surface area contributed by atoms with E-state index in [1.165, 1.54) is 6.07 Å². The number of carbonyl (C=O) groups is 1. The third-order valence-corrected chi connectivity index (χ3v) is 3.75. The number of rotatable bonds is 3. The van der Waals surface area contributed by atoms with Crippen LogP contribution >= 0.6 is 0 Å². The molecule has 116 valence electrons. The highest BCUT2D eigenvalue weighted by Gasteiger charge is 2.30. The minimum atomic E-state index is -0.996. The Labute approximate surface area is 122 Å². The fourth-order valence-corrected chi connectivity index (χ4v) is 2.57. The van der Waals surface area contributed by atoms with Gasteiger partial charge in [-0.1, -0.05) is 0 Å². The molecule has 0 unspecified atom stereocenters. The standard InChI is InChI=1S/C15H20F2N2O2/c1-9-7-11(18)5-6-19(9)15(20)10(2)21-12-3-4-13(16)14(17)8-12/h3-4,8-11H,5-7,18H2,1-2H3/t9-,10-,11-/m0/s1. The molecule has 1 aliphatic rings. The Morgan fingerprint density at radius 1 is 1.43 bits per heavy atom. The zero-order valence-electron chi connectivity index (χ0n) is 12.2. The minimum absolute atomic E-state index is 0.0530. The van der Waals surface area contributed by atoms with Gasteiger partial charge < -0.3 is 15.4 Å². The van der Waals surface area contributed by atoms with Crippen LogP contribution in [0.5, 0.6) is 5.75 Å². The molecule has 1 aromatic carbocycles. The third kappa shape index (κ3) is 3.69. The molecule has 4 nitrogen and oxygen atoms in total. The van der Waals surface area contributed by atoms with Crippen LogP contribution in [0.1, 0.15) is 26.7 Å². The molecule has 1 fully saturated rings. The number of nitrogens with zero attached hydrogens (tertiary/aromatic N) is 1. The highest BCUT2D eigenvalue weighted by Crippen LogP contribution is 2.20. The summed E-state index contributed by atoms with van der Waals surface area (Å²) in [6, 6.07) is 3.39. The summed E-state index contributed by atoms with van der Waals surface area (Å²) in [6.07, 6.45) is 0.754. The Bertz CT molecular complexity index is 524. The van der Waals surface area contributed by atoms with Crippen molar-refractivity contribution < 1.29 is 18.3 Å². The van der Waals surface area contributed by atoms with Crippen LogP contribution in [0.25, 0.3) is 0 Å². The molecule has 0 spiro atoms. The van der Waals surface area contributed by atoms with Crippen LogP contribution in [0, 0.1) is 11.6 Å². The maximum Gasteiger partial charge on any atom is 0.263 e. The lowest BCUT2D eigenvalue weighted by atomic mass is 9.98. The van der Waals surface area contributed by atoms with Crippen molar-refractivity contribution in [2.24, 2.45) is 5.73 Å². The van der Waals surface area contributed by atoms with Crippen molar-refractivity contribution in [1.29, 1.82) is 0 Å². The molecule has 1 saturated heterocycles. The van der Waals surface area contributed by atoms with E-state index in [-0.39, 0.29) is 23.7 Å². The lowest BCUT2D eigenvalue weighted by Gasteiger charge is -2.37. The average molecular weight is 298 g/mol. The Morgan fingerprint density at radius 2 is 2.14 bits per heavy atom. The fraction of sp³-hybridized carbons (Fsp3) is 0.533. The first-order chi connectivity index (χ1) is 9.88. The predicted octanol–water partition coefficient (Wildman–Crippen LogP) is 2.07. The molecule has 6 heteroatoms. The van der Waals surface area contributed by atoms with Gasteiger partial charge in [0.05, 0.1) is 0 Å². The smallest absolute Gasteiger partial charge is 0.263 e. The van der Waals surface area contributed by atoms with Crippen molar-refractivity contribution in [1.82, 2.24) is 4.90 Å². The highest BCUT2D eigenvalue weighted by molar-refractivity contribution is 5.81. The third-order valence-electron chi connectivity index (χ3n) is 3.75. The van der Waals surface area contributed by atoms with Gasteiger partial charge in [0.1, 0.15) is 5.75 Å². The van der Waals surface area contributed by atoms with E-state index in [9.17, 15) is 13.6 Å². The van der Waals surface area contributed by atoms with Gasteiger partial charge >= 0.3 is 0 Å². The second kappa shape index (κ2) is 6.39. The van der Waals surface area contributed by atoms with Crippen molar-refractivity contribution in [2.45, 2.75) is 44.9 Å². The molecule has 3 atom stereocenters. The summed E-state index contributed by atoms with van der Waals surface area (Å²) in [5.74, 6) is -1.97. The second-order valence-corrected chi connectivity index (χ2v) is 5.50. The topological polar surface area (TPSA) is 55.6 Å². The molecular weight excluding hydrogens is 278 g/mol. The van der Waals surface area contributed by atoms with Crippen LogP contribution in [0.4, 0.5) is 8.78 Å². The predicted molar refractivity (Wildman–Crippen MR) is 74.8 cm³/mol. The van der Waals surface area contributed by atoms with Crippen molar-refractivity contribution in [3.63, 3.8) is 0 Å². The van der Waals surface area contributed by atoms with E-state index in [1.54, 1.807) is 11.8 Å². The van der Waals surface area contributed by atoms with E-state index < -0.39 is 17.7 Å². The molecular formula is C15H20F2N2O2. The maximum absolute atomic E-state index is 13.1. The quantitative estimate of drug-likeness (QED) is 0.929. The number of halogens is 2. The molecule has 1 amide bonds. The van der Waals surface area contributed by atoms with Gasteiger partial charge in [-0.25, -0.2) is 8.78 Å². The highest BCUT2D eigenvalue weighted by atomic mass is 19.2. The van der Waals surface area contributed by atoms with Crippen LogP contribution in [-0.4, -0.2) is 35.5 Å². The van der Waals surface area contributed by atoms with Gasteiger partial charge in [-0.15, -0.1) is 0 Å². The summed E-state index contributed by atoms with van der Waals surface area (Å²) in [5.41, 5.74) is 5.87. The van der Waals surface area contributed by atoms with E-state index in [2.05, 4.69) is 0 Å². The largest absolute Gasteiger partial charge is 0.481 e. The SMILES string of the molecule is C[C@H](Oc1ccc(F)c(F)c1)C(=O)N1CC[C@H](N)C[C@@H]1C. The summed E-state index contributed by atoms with van der Waals surface area (Å²) in [6.45, 7) is 4.14. The van der Waals surface area contributed by atoms with Crippen LogP contribution in [0.3, 0.4) is 0 Å². The van der Waals surface area contributed by atoms with Crippen LogP contribution in [0.15, 0.2) is 18.2 Å². The molecule has 0 aromatic heterocycles. The fourth-order valence-electron chi connectivity index (χ4n) is 2.57. The van der Waals surface area contributed by atoms with E-state index in [1.807, 2.05) is 6.92 Å². The first-order valence-electron chi connectivity index (χ1n) is 7.06. The Balaban J connectivity index is 2.00. The maximum atomic E-state index is 13.1. The molecule has 0 bridgehead atoms. The Morgan fingerprint density at radius 3 is 2.76 bits per heavy atom. The number of piperidine rings is 1. The summed E-state index contributed by atoms with van der Waals surface area (Å²) in [4.78, 5) is 14.1. The lowest BCUT2D eigenvalue weighted by Crippen LogP contribution is -2.51. The second-order valence-electron chi connectivity index (χ2n) is 5.50. The molecule has 1 aromatic rings. The van der Waals surface area contributed by atoms with Gasteiger partial charge in [0.25, 0.3) is 5.91 Å². The molecule has 2 rings (SSSR count). The number of hydrogen-bond acceptors (Lipinski definition) is 3. The lowest BCUT2D eigenvalue weighted by molar-refractivity contribution is -0.141. The van der Waals surface area contributed by atoms with Gasteiger partial charge in [-0.2, -0.15) is 0 Å². The van der Waals surface area contributed by atoms with Crippen molar-refractivity contribution >= 4 is 5.91 Å². The number of benzene rings is 1. The van der Waals surface area contributed by atoms with Crippen LogP contribution in [0.2, 0.25) is 0 Å². The van der Waals surface area contributed by atoms with E-state index in [0.717, 1.165) is 25.0 Å². The van der Waals surface area contributed by atoms with Crippen LogP contribution in [-0.2, 0) is 4.79 Å². The van der Waals surface area contributed by atoms with Gasteiger partial charge in [-0.05, 0) is 38.8 Å². The number of nitrogens with two attached hydrogens (primary N) is 1. The van der Waals surface area contributed by atoms with Gasteiger partial charge in [0.15, 0.2) is 17.7 Å². The number of ether oxygens (including phenoxy) is 1. The zero-order chi connectivity index (χ0) is 15.6. The van der Waals surface area contributed by atoms with E-state index in [0.29, 0.717) is 6.54 Å². The van der Waals surface area contributed by atoms with Gasteiger partial charge in [-0.3, -0.25) is 4.79 Å². The van der Waals surface area contributed by atoms with E-state index in [4.69, 9.17) is 10.5 Å². The van der Waals surface area contributed by atoms with Crippen molar-refractivity contribution in [3.8, 4) is 5.75 Å². The zero-order valence-corrected chi connectivity index (χ0v) is 12.2.